The topological polar surface area (TPSA) is 62.3 Å². The number of rotatable bonds is 7. The Hall–Kier alpha value is -1.92. The molecule has 0 fully saturated rings. The average molecular weight is 394 g/mol. The van der Waals surface area contributed by atoms with Gasteiger partial charge in [-0.2, -0.15) is 0 Å². The van der Waals surface area contributed by atoms with Crippen molar-refractivity contribution in [2.24, 2.45) is 0 Å². The van der Waals surface area contributed by atoms with Gasteiger partial charge in [-0.15, -0.1) is 22.9 Å². The minimum Gasteiger partial charge on any atom is -0.349 e. The zero-order chi connectivity index (χ0) is 19.3. The van der Waals surface area contributed by atoms with Crippen LogP contribution in [0.2, 0.25) is 0 Å². The number of hydrogen-bond donors (Lipinski definition) is 1. The minimum atomic E-state index is -0.748. The molecule has 0 bridgehead atoms. The Morgan fingerprint density at radius 3 is 2.42 bits per heavy atom. The molecule has 0 saturated heterocycles. The lowest BCUT2D eigenvalue weighted by atomic mass is 10.1. The number of carbonyl (C=O) groups is 2. The summed E-state index contributed by atoms with van der Waals surface area (Å²) in [7, 11) is 0. The second-order valence-electron chi connectivity index (χ2n) is 6.59. The van der Waals surface area contributed by atoms with E-state index in [2.05, 4.69) is 10.3 Å². The molecule has 0 unspecified atom stereocenters. The molecule has 26 heavy (non-hydrogen) atoms. The molecule has 0 aliphatic heterocycles. The molecule has 1 atom stereocenters. The first kappa shape index (κ1) is 20.4. The van der Waals surface area contributed by atoms with Gasteiger partial charge in [0.05, 0.1) is 6.54 Å². The molecule has 140 valence electrons. The molecule has 1 aromatic heterocycles. The van der Waals surface area contributed by atoms with E-state index in [0.717, 1.165) is 5.56 Å². The van der Waals surface area contributed by atoms with E-state index in [1.807, 2.05) is 58.0 Å². The third kappa shape index (κ3) is 5.29. The Bertz CT molecular complexity index is 746. The summed E-state index contributed by atoms with van der Waals surface area (Å²) < 4.78 is 0. The molecule has 2 aromatic rings. The van der Waals surface area contributed by atoms with E-state index >= 15 is 0 Å². The molecule has 0 radical (unpaired) electrons. The second-order valence-corrected chi connectivity index (χ2v) is 7.97. The van der Waals surface area contributed by atoms with Crippen LogP contribution >= 0.6 is 22.9 Å². The summed E-state index contributed by atoms with van der Waals surface area (Å²) in [6, 6.07) is 9.29. The van der Waals surface area contributed by atoms with Gasteiger partial charge in [0.25, 0.3) is 5.91 Å². The van der Waals surface area contributed by atoms with E-state index in [1.165, 1.54) is 11.3 Å². The van der Waals surface area contributed by atoms with Crippen LogP contribution in [0.1, 0.15) is 54.1 Å². The monoisotopic (exact) mass is 393 g/mol. The quantitative estimate of drug-likeness (QED) is 0.723. The summed E-state index contributed by atoms with van der Waals surface area (Å²) in [6.45, 7) is 7.99. The van der Waals surface area contributed by atoms with Gasteiger partial charge < -0.3 is 10.2 Å². The van der Waals surface area contributed by atoms with E-state index in [1.54, 1.807) is 10.3 Å². The van der Waals surface area contributed by atoms with Crippen LogP contribution in [-0.2, 0) is 11.3 Å². The molecule has 1 heterocycles. The Morgan fingerprint density at radius 1 is 1.19 bits per heavy atom. The summed E-state index contributed by atoms with van der Waals surface area (Å²) in [4.78, 5) is 31.0. The van der Waals surface area contributed by atoms with Crippen molar-refractivity contribution in [2.45, 2.75) is 51.7 Å². The zero-order valence-corrected chi connectivity index (χ0v) is 17.0. The molecule has 0 spiro atoms. The van der Waals surface area contributed by atoms with Gasteiger partial charge in [0.1, 0.15) is 16.1 Å². The number of alkyl halides is 1. The fourth-order valence-corrected chi connectivity index (χ4v) is 3.44. The van der Waals surface area contributed by atoms with Gasteiger partial charge in [-0.25, -0.2) is 4.98 Å². The van der Waals surface area contributed by atoms with Crippen LogP contribution < -0.4 is 5.32 Å². The summed E-state index contributed by atoms with van der Waals surface area (Å²) in [5, 5.41) is 4.49. The summed E-state index contributed by atoms with van der Waals surface area (Å²) in [5.74, 6) is -0.374. The fourth-order valence-electron chi connectivity index (χ4n) is 2.39. The Morgan fingerprint density at radius 2 is 1.85 bits per heavy atom. The van der Waals surface area contributed by atoms with Crippen LogP contribution in [0.4, 0.5) is 0 Å². The van der Waals surface area contributed by atoms with Crippen LogP contribution in [0.25, 0.3) is 0 Å². The van der Waals surface area contributed by atoms with Gasteiger partial charge >= 0.3 is 0 Å². The molecule has 2 rings (SSSR count). The van der Waals surface area contributed by atoms with Gasteiger partial charge in [0.2, 0.25) is 5.91 Å². The van der Waals surface area contributed by atoms with Crippen molar-refractivity contribution >= 4 is 34.8 Å². The number of hydrogen-bond acceptors (Lipinski definition) is 4. The highest BCUT2D eigenvalue weighted by Crippen LogP contribution is 2.25. The lowest BCUT2D eigenvalue weighted by molar-refractivity contribution is -0.133. The normalized spacial score (nSPS) is 12.3. The van der Waals surface area contributed by atoms with Crippen molar-refractivity contribution < 1.29 is 9.59 Å². The van der Waals surface area contributed by atoms with Crippen LogP contribution in [0, 0.1) is 0 Å². The Labute approximate surface area is 163 Å². The van der Waals surface area contributed by atoms with Gasteiger partial charge in [-0.05, 0) is 33.3 Å². The van der Waals surface area contributed by atoms with E-state index in [4.69, 9.17) is 11.6 Å². The largest absolute Gasteiger partial charge is 0.349 e. The number of thiazole rings is 1. The molecule has 7 heteroatoms. The zero-order valence-electron chi connectivity index (χ0n) is 15.4. The first-order valence-electron chi connectivity index (χ1n) is 8.54. The van der Waals surface area contributed by atoms with Crippen LogP contribution in [0.15, 0.2) is 35.7 Å². The molecular formula is C19H24ClN3O2S. The predicted octanol–water partition coefficient (Wildman–Crippen LogP) is 4.00. The van der Waals surface area contributed by atoms with Crippen LogP contribution in [-0.4, -0.2) is 33.8 Å². The molecule has 2 amide bonds. The summed E-state index contributed by atoms with van der Waals surface area (Å²) in [6.07, 6.45) is 0. The lowest BCUT2D eigenvalue weighted by Crippen LogP contribution is -2.38. The van der Waals surface area contributed by atoms with Crippen molar-refractivity contribution in [1.82, 2.24) is 15.2 Å². The van der Waals surface area contributed by atoms with E-state index < -0.39 is 5.38 Å². The number of amides is 2. The van der Waals surface area contributed by atoms with E-state index in [0.29, 0.717) is 17.2 Å². The van der Waals surface area contributed by atoms with Crippen LogP contribution in [0.3, 0.4) is 0 Å². The van der Waals surface area contributed by atoms with Gasteiger partial charge in [-0.1, -0.05) is 30.3 Å². The van der Waals surface area contributed by atoms with Crippen molar-refractivity contribution in [3.63, 3.8) is 0 Å². The highest BCUT2D eigenvalue weighted by Gasteiger charge is 2.27. The standard InChI is InChI=1S/C19H24ClN3O2S/c1-12(2)21-18(24)15-11-26-16(22-15)10-23(13(3)4)19(25)17(20)14-8-6-5-7-9-14/h5-9,11-13,17H,10H2,1-4H3,(H,21,24)/t17-/m1/s1. The number of nitrogens with one attached hydrogen (secondary N) is 1. The van der Waals surface area contributed by atoms with Crippen LogP contribution in [0.5, 0.6) is 0 Å². The number of benzene rings is 1. The lowest BCUT2D eigenvalue weighted by Gasteiger charge is -2.28. The highest BCUT2D eigenvalue weighted by molar-refractivity contribution is 7.09. The number of aromatic nitrogens is 1. The van der Waals surface area contributed by atoms with Gasteiger partial charge in [0.15, 0.2) is 0 Å². The van der Waals surface area contributed by atoms with Crippen molar-refractivity contribution in [1.29, 1.82) is 0 Å². The Kier molecular flexibility index (Phi) is 7.17. The minimum absolute atomic E-state index is 0.0377. The summed E-state index contributed by atoms with van der Waals surface area (Å²) in [5.41, 5.74) is 1.14. The molecule has 1 aromatic carbocycles. The molecule has 5 nitrogen and oxygen atoms in total. The van der Waals surface area contributed by atoms with Crippen molar-refractivity contribution in [3.8, 4) is 0 Å². The molecule has 1 N–H and O–H groups in total. The fraction of sp³-hybridized carbons (Fsp3) is 0.421. The first-order valence-corrected chi connectivity index (χ1v) is 9.86. The van der Waals surface area contributed by atoms with E-state index in [-0.39, 0.29) is 23.9 Å². The second kappa shape index (κ2) is 9.14. The molecule has 0 aliphatic rings. The average Bonchev–Trinajstić information content (AvgIpc) is 3.07. The number of halogens is 1. The smallest absolute Gasteiger partial charge is 0.270 e. The SMILES string of the molecule is CC(C)NC(=O)c1csc(CN(C(=O)[C@H](Cl)c2ccccc2)C(C)C)n1. The molecular weight excluding hydrogens is 370 g/mol. The summed E-state index contributed by atoms with van der Waals surface area (Å²) >= 11 is 7.77. The number of nitrogens with zero attached hydrogens (tertiary/aromatic N) is 2. The maximum Gasteiger partial charge on any atom is 0.270 e. The Balaban J connectivity index is 2.12. The third-order valence-electron chi connectivity index (χ3n) is 3.73. The molecule has 0 aliphatic carbocycles. The highest BCUT2D eigenvalue weighted by atomic mass is 35.5. The number of carbonyl (C=O) groups excluding carboxylic acids is 2. The van der Waals surface area contributed by atoms with Gasteiger partial charge in [0, 0.05) is 17.5 Å². The van der Waals surface area contributed by atoms with Crippen molar-refractivity contribution in [3.05, 3.63) is 52.0 Å². The predicted molar refractivity (Wildman–Crippen MR) is 105 cm³/mol. The van der Waals surface area contributed by atoms with Crippen molar-refractivity contribution in [2.75, 3.05) is 0 Å². The first-order chi connectivity index (χ1) is 12.3. The van der Waals surface area contributed by atoms with Gasteiger partial charge in [-0.3, -0.25) is 9.59 Å². The maximum absolute atomic E-state index is 12.9. The maximum atomic E-state index is 12.9. The van der Waals surface area contributed by atoms with E-state index in [9.17, 15) is 9.59 Å². The third-order valence-corrected chi connectivity index (χ3v) is 5.00. The molecule has 0 saturated carbocycles.